The van der Waals surface area contributed by atoms with Gasteiger partial charge in [-0.05, 0) is 55.5 Å². The third-order valence-corrected chi connectivity index (χ3v) is 4.92. The van der Waals surface area contributed by atoms with E-state index in [9.17, 15) is 4.79 Å². The monoisotopic (exact) mass is 367 g/mol. The van der Waals surface area contributed by atoms with Crippen molar-refractivity contribution in [2.75, 3.05) is 19.7 Å². The molecule has 0 saturated carbocycles. The minimum absolute atomic E-state index is 0.0966. The third-order valence-electron chi connectivity index (χ3n) is 4.92. The van der Waals surface area contributed by atoms with Crippen molar-refractivity contribution in [1.29, 1.82) is 0 Å². The van der Waals surface area contributed by atoms with Gasteiger partial charge in [0.25, 0.3) is 5.91 Å². The molecule has 1 fully saturated rings. The summed E-state index contributed by atoms with van der Waals surface area (Å²) in [4.78, 5) is 14.7. The Morgan fingerprint density at radius 3 is 2.48 bits per heavy atom. The van der Waals surface area contributed by atoms with Crippen LogP contribution in [0.25, 0.3) is 0 Å². The van der Waals surface area contributed by atoms with Crippen molar-refractivity contribution in [2.24, 2.45) is 0 Å². The molecule has 1 amide bonds. The van der Waals surface area contributed by atoms with Gasteiger partial charge in [-0.3, -0.25) is 4.79 Å². The largest absolute Gasteiger partial charge is 0.493 e. The summed E-state index contributed by atoms with van der Waals surface area (Å²) in [6.07, 6.45) is 2.18. The molecule has 0 unspecified atom stereocenters. The molecule has 0 aromatic heterocycles. The fraction of sp³-hybridized carbons (Fsp3) is 0.435. The Kier molecular flexibility index (Phi) is 6.38. The first-order valence-electron chi connectivity index (χ1n) is 9.87. The summed E-state index contributed by atoms with van der Waals surface area (Å²) in [5.41, 5.74) is 2.79. The number of para-hydroxylation sites is 1. The van der Waals surface area contributed by atoms with E-state index in [2.05, 4.69) is 19.9 Å². The summed E-state index contributed by atoms with van der Waals surface area (Å²) in [6.45, 7) is 8.92. The third kappa shape index (κ3) is 4.62. The van der Waals surface area contributed by atoms with Gasteiger partial charge in [-0.2, -0.15) is 0 Å². The van der Waals surface area contributed by atoms with Crippen LogP contribution in [0.5, 0.6) is 11.5 Å². The van der Waals surface area contributed by atoms with Crippen LogP contribution in [0.15, 0.2) is 42.5 Å². The number of hydrogen-bond donors (Lipinski definition) is 0. The van der Waals surface area contributed by atoms with E-state index in [1.54, 1.807) is 0 Å². The molecule has 27 heavy (non-hydrogen) atoms. The minimum Gasteiger partial charge on any atom is -0.493 e. The van der Waals surface area contributed by atoms with Crippen molar-refractivity contribution >= 4 is 5.91 Å². The van der Waals surface area contributed by atoms with Crippen molar-refractivity contribution in [3.8, 4) is 11.5 Å². The van der Waals surface area contributed by atoms with Gasteiger partial charge in [0.2, 0.25) is 0 Å². The maximum atomic E-state index is 12.7. The zero-order chi connectivity index (χ0) is 19.2. The molecule has 0 aliphatic carbocycles. The predicted octanol–water partition coefficient (Wildman–Crippen LogP) is 5.02. The summed E-state index contributed by atoms with van der Waals surface area (Å²) < 4.78 is 11.9. The second kappa shape index (κ2) is 8.94. The van der Waals surface area contributed by atoms with Crippen LogP contribution in [-0.4, -0.2) is 30.5 Å². The van der Waals surface area contributed by atoms with Crippen LogP contribution in [0, 0.1) is 0 Å². The Labute approximate surface area is 162 Å². The van der Waals surface area contributed by atoms with Gasteiger partial charge in [0.1, 0.15) is 18.1 Å². The van der Waals surface area contributed by atoms with E-state index in [4.69, 9.17) is 9.47 Å². The lowest BCUT2D eigenvalue weighted by Gasteiger charge is -2.18. The molecule has 1 saturated heterocycles. The van der Waals surface area contributed by atoms with E-state index in [0.29, 0.717) is 24.7 Å². The fourth-order valence-electron chi connectivity index (χ4n) is 3.47. The Hall–Kier alpha value is -2.49. The lowest BCUT2D eigenvalue weighted by atomic mass is 10.0. The highest BCUT2D eigenvalue weighted by molar-refractivity contribution is 5.94. The Morgan fingerprint density at radius 1 is 1.04 bits per heavy atom. The van der Waals surface area contributed by atoms with Crippen molar-refractivity contribution in [3.63, 3.8) is 0 Å². The highest BCUT2D eigenvalue weighted by Gasteiger charge is 2.20. The number of amides is 1. The quantitative estimate of drug-likeness (QED) is 0.689. The van der Waals surface area contributed by atoms with Crippen LogP contribution in [0.2, 0.25) is 0 Å². The highest BCUT2D eigenvalue weighted by Crippen LogP contribution is 2.29. The van der Waals surface area contributed by atoms with Gasteiger partial charge in [-0.15, -0.1) is 0 Å². The molecular formula is C23H29NO3. The molecule has 0 bridgehead atoms. The zero-order valence-corrected chi connectivity index (χ0v) is 16.5. The normalized spacial score (nSPS) is 13.9. The molecule has 2 aromatic carbocycles. The number of rotatable bonds is 7. The van der Waals surface area contributed by atoms with Crippen LogP contribution < -0.4 is 9.47 Å². The second-order valence-electron chi connectivity index (χ2n) is 7.24. The molecule has 1 heterocycles. The van der Waals surface area contributed by atoms with E-state index in [0.717, 1.165) is 43.0 Å². The lowest BCUT2D eigenvalue weighted by molar-refractivity contribution is 0.0792. The number of benzene rings is 2. The summed E-state index contributed by atoms with van der Waals surface area (Å²) in [5, 5.41) is 0. The average molecular weight is 367 g/mol. The molecule has 2 aromatic rings. The molecule has 4 heteroatoms. The van der Waals surface area contributed by atoms with E-state index in [1.807, 2.05) is 48.2 Å². The maximum Gasteiger partial charge on any atom is 0.253 e. The average Bonchev–Trinajstić information content (AvgIpc) is 3.21. The first kappa shape index (κ1) is 19.3. The first-order valence-corrected chi connectivity index (χ1v) is 9.87. The van der Waals surface area contributed by atoms with Gasteiger partial charge >= 0.3 is 0 Å². The van der Waals surface area contributed by atoms with Gasteiger partial charge < -0.3 is 14.4 Å². The number of carbonyl (C=O) groups is 1. The highest BCUT2D eigenvalue weighted by atomic mass is 16.5. The van der Waals surface area contributed by atoms with E-state index >= 15 is 0 Å². The van der Waals surface area contributed by atoms with Crippen LogP contribution in [0.3, 0.4) is 0 Å². The molecule has 144 valence electrons. The summed E-state index contributed by atoms with van der Waals surface area (Å²) in [7, 11) is 0. The Morgan fingerprint density at radius 2 is 1.78 bits per heavy atom. The van der Waals surface area contributed by atoms with Gasteiger partial charge in [0, 0.05) is 24.2 Å². The van der Waals surface area contributed by atoms with Crippen LogP contribution in [-0.2, 0) is 6.61 Å². The topological polar surface area (TPSA) is 38.8 Å². The molecule has 3 rings (SSSR count). The van der Waals surface area contributed by atoms with Crippen molar-refractivity contribution in [3.05, 3.63) is 59.2 Å². The number of carbonyl (C=O) groups excluding carboxylic acids is 1. The molecule has 0 N–H and O–H groups in total. The van der Waals surface area contributed by atoms with E-state index < -0.39 is 0 Å². The van der Waals surface area contributed by atoms with E-state index in [1.165, 1.54) is 5.56 Å². The van der Waals surface area contributed by atoms with Crippen molar-refractivity contribution in [1.82, 2.24) is 4.90 Å². The van der Waals surface area contributed by atoms with Gasteiger partial charge in [0.15, 0.2) is 0 Å². The number of likely N-dealkylation sites (tertiary alicyclic amines) is 1. The number of nitrogens with zero attached hydrogens (tertiary/aromatic N) is 1. The molecule has 0 radical (unpaired) electrons. The number of ether oxygens (including phenoxy) is 2. The van der Waals surface area contributed by atoms with Crippen LogP contribution in [0.1, 0.15) is 61.0 Å². The SMILES string of the molecule is CCOc1ccc(C(=O)N2CCCC2)cc1COc1ccccc1C(C)C. The lowest BCUT2D eigenvalue weighted by Crippen LogP contribution is -2.27. The molecule has 4 nitrogen and oxygen atoms in total. The van der Waals surface area contributed by atoms with Crippen LogP contribution >= 0.6 is 0 Å². The Bertz CT molecular complexity index is 779. The van der Waals surface area contributed by atoms with Gasteiger partial charge in [-0.25, -0.2) is 0 Å². The van der Waals surface area contributed by atoms with E-state index in [-0.39, 0.29) is 5.91 Å². The molecule has 1 aliphatic heterocycles. The number of hydrogen-bond acceptors (Lipinski definition) is 3. The maximum absolute atomic E-state index is 12.7. The minimum atomic E-state index is 0.0966. The zero-order valence-electron chi connectivity index (χ0n) is 16.5. The van der Waals surface area contributed by atoms with Gasteiger partial charge in [-0.1, -0.05) is 32.0 Å². The molecular weight excluding hydrogens is 338 g/mol. The summed E-state index contributed by atoms with van der Waals surface area (Å²) in [6, 6.07) is 13.8. The summed E-state index contributed by atoms with van der Waals surface area (Å²) in [5.74, 6) is 2.14. The summed E-state index contributed by atoms with van der Waals surface area (Å²) >= 11 is 0. The molecule has 0 atom stereocenters. The smallest absolute Gasteiger partial charge is 0.253 e. The molecule has 1 aliphatic rings. The first-order chi connectivity index (χ1) is 13.1. The second-order valence-corrected chi connectivity index (χ2v) is 7.24. The van der Waals surface area contributed by atoms with Gasteiger partial charge in [0.05, 0.1) is 6.61 Å². The van der Waals surface area contributed by atoms with Crippen LogP contribution in [0.4, 0.5) is 0 Å². The standard InChI is InChI=1S/C23H29NO3/c1-4-26-21-12-11-18(23(25)24-13-7-8-14-24)15-19(21)16-27-22-10-6-5-9-20(22)17(2)3/h5-6,9-12,15,17H,4,7-8,13-14,16H2,1-3H3. The van der Waals surface area contributed by atoms with Crippen molar-refractivity contribution < 1.29 is 14.3 Å². The molecule has 0 spiro atoms. The predicted molar refractivity (Wildman–Crippen MR) is 108 cm³/mol. The van der Waals surface area contributed by atoms with Crippen molar-refractivity contribution in [2.45, 2.75) is 46.1 Å². The fourth-order valence-corrected chi connectivity index (χ4v) is 3.47. The Balaban J connectivity index is 1.82.